The van der Waals surface area contributed by atoms with Gasteiger partial charge in [-0.2, -0.15) is 5.10 Å². The molecule has 0 bridgehead atoms. The fourth-order valence-electron chi connectivity index (χ4n) is 4.38. The van der Waals surface area contributed by atoms with Crippen LogP contribution in [0.15, 0.2) is 79.1 Å². The second-order valence-electron chi connectivity index (χ2n) is 9.46. The number of ether oxygens (including phenoxy) is 2. The molecule has 0 aliphatic carbocycles. The molecule has 0 aliphatic heterocycles. The Kier molecular flexibility index (Phi) is 8.29. The lowest BCUT2D eigenvalue weighted by Crippen LogP contribution is -2.18. The summed E-state index contributed by atoms with van der Waals surface area (Å²) >= 11 is 0. The summed E-state index contributed by atoms with van der Waals surface area (Å²) in [6.07, 6.45) is 0.908. The fraction of sp³-hybridized carbons (Fsp3) is 0.0968. The highest BCUT2D eigenvalue weighted by Gasteiger charge is 2.23. The van der Waals surface area contributed by atoms with Gasteiger partial charge in [-0.15, -0.1) is 0 Å². The van der Waals surface area contributed by atoms with Crippen LogP contribution in [0.5, 0.6) is 11.6 Å². The van der Waals surface area contributed by atoms with Crippen molar-refractivity contribution in [3.8, 4) is 33.9 Å². The fourth-order valence-corrected chi connectivity index (χ4v) is 4.38. The van der Waals surface area contributed by atoms with Crippen molar-refractivity contribution in [1.29, 1.82) is 0 Å². The van der Waals surface area contributed by atoms with Crippen molar-refractivity contribution in [2.45, 2.75) is 13.0 Å². The van der Waals surface area contributed by atoms with E-state index in [0.717, 1.165) is 23.8 Å². The maximum atomic E-state index is 15.4. The number of nitrogens with zero attached hydrogens (tertiary/aromatic N) is 3. The van der Waals surface area contributed by atoms with E-state index < -0.39 is 64.2 Å². The van der Waals surface area contributed by atoms with Crippen molar-refractivity contribution in [1.82, 2.24) is 14.8 Å². The van der Waals surface area contributed by atoms with E-state index in [9.17, 15) is 23.5 Å². The van der Waals surface area contributed by atoms with Gasteiger partial charge in [-0.25, -0.2) is 32.1 Å². The first-order chi connectivity index (χ1) is 21.0. The first-order valence-corrected chi connectivity index (χ1v) is 12.9. The van der Waals surface area contributed by atoms with Crippen LogP contribution in [0.4, 0.5) is 28.2 Å². The van der Waals surface area contributed by atoms with Crippen LogP contribution in [0, 0.1) is 23.3 Å². The number of carbonyl (C=O) groups excluding carboxylic acids is 1. The number of benzene rings is 3. The maximum absolute atomic E-state index is 15.4. The molecule has 2 N–H and O–H groups in total. The number of rotatable bonds is 8. The van der Waals surface area contributed by atoms with Gasteiger partial charge in [0, 0.05) is 29.9 Å². The zero-order valence-electron chi connectivity index (χ0n) is 23.0. The van der Waals surface area contributed by atoms with E-state index in [1.54, 1.807) is 31.2 Å². The van der Waals surface area contributed by atoms with Crippen molar-refractivity contribution < 1.29 is 41.7 Å². The molecule has 13 heteroatoms. The molecule has 0 radical (unpaired) electrons. The molecule has 1 unspecified atom stereocenters. The molecule has 224 valence electrons. The molecule has 1 atom stereocenters. The average molecular weight is 607 g/mol. The van der Waals surface area contributed by atoms with E-state index >= 15 is 8.78 Å². The molecule has 1 amide bonds. The van der Waals surface area contributed by atoms with Crippen LogP contribution in [0.3, 0.4) is 0 Å². The monoisotopic (exact) mass is 606 g/mol. The standard InChI is InChI=1S/C31H22F4N4O5/c1-16(17-7-4-3-5-8-17)43-31(42)38-28-22(15-37-39(28)2)21-14-23(32)20(13-24(21)33)18-11-25(34)27(26(35)12-18)44-29-19(30(40)41)9-6-10-36-29/h3-16H,1-2H3,(H,38,42)(H,40,41). The van der Waals surface area contributed by atoms with Crippen molar-refractivity contribution in [2.24, 2.45) is 7.05 Å². The lowest BCUT2D eigenvalue weighted by molar-refractivity contribution is 0.0693. The quantitative estimate of drug-likeness (QED) is 0.176. The van der Waals surface area contributed by atoms with Gasteiger partial charge in [0.25, 0.3) is 0 Å². The zero-order valence-corrected chi connectivity index (χ0v) is 23.0. The second-order valence-corrected chi connectivity index (χ2v) is 9.46. The normalized spacial score (nSPS) is 11.6. The number of anilines is 1. The van der Waals surface area contributed by atoms with E-state index in [1.807, 2.05) is 6.07 Å². The smallest absolute Gasteiger partial charge is 0.413 e. The summed E-state index contributed by atoms with van der Waals surface area (Å²) in [6.45, 7) is 1.67. The number of carbonyl (C=O) groups is 2. The van der Waals surface area contributed by atoms with Crippen LogP contribution in [0.25, 0.3) is 22.3 Å². The van der Waals surface area contributed by atoms with Gasteiger partial charge in [-0.05, 0) is 54.4 Å². The number of amides is 1. The summed E-state index contributed by atoms with van der Waals surface area (Å²) in [5, 5.41) is 15.8. The summed E-state index contributed by atoms with van der Waals surface area (Å²) in [6, 6.07) is 14.3. The summed E-state index contributed by atoms with van der Waals surface area (Å²) < 4.78 is 72.4. The Morgan fingerprint density at radius 2 is 1.55 bits per heavy atom. The Hall–Kier alpha value is -5.72. The number of pyridine rings is 1. The SMILES string of the molecule is CC(OC(=O)Nc1c(-c2cc(F)c(-c3cc(F)c(Oc4ncccc4C(=O)O)c(F)c3)cc2F)cnn1C)c1ccccc1. The summed E-state index contributed by atoms with van der Waals surface area (Å²) in [4.78, 5) is 27.7. The molecule has 0 saturated carbocycles. The van der Waals surface area contributed by atoms with Gasteiger partial charge in [0.2, 0.25) is 11.6 Å². The molecule has 0 fully saturated rings. The third-order valence-corrected chi connectivity index (χ3v) is 6.57. The van der Waals surface area contributed by atoms with Crippen LogP contribution in [-0.4, -0.2) is 31.9 Å². The lowest BCUT2D eigenvalue weighted by Gasteiger charge is -2.15. The molecular weight excluding hydrogens is 584 g/mol. The Morgan fingerprint density at radius 1 is 0.886 bits per heavy atom. The molecule has 0 aliphatic rings. The Morgan fingerprint density at radius 3 is 2.23 bits per heavy atom. The number of carboxylic acid groups (broad SMARTS) is 1. The number of carboxylic acids is 1. The van der Waals surface area contributed by atoms with Gasteiger partial charge in [-0.1, -0.05) is 30.3 Å². The minimum absolute atomic E-state index is 0.00940. The Balaban J connectivity index is 1.41. The number of halogens is 4. The average Bonchev–Trinajstić information content (AvgIpc) is 3.35. The van der Waals surface area contributed by atoms with Gasteiger partial charge in [0.1, 0.15) is 29.1 Å². The number of nitrogens with one attached hydrogen (secondary N) is 1. The molecule has 3 aromatic carbocycles. The van der Waals surface area contributed by atoms with Crippen molar-refractivity contribution >= 4 is 17.9 Å². The van der Waals surface area contributed by atoms with Crippen molar-refractivity contribution in [3.05, 3.63) is 114 Å². The number of hydrogen-bond donors (Lipinski definition) is 2. The first kappa shape index (κ1) is 29.8. The molecule has 0 saturated heterocycles. The predicted octanol–water partition coefficient (Wildman–Crippen LogP) is 7.51. The second kappa shape index (κ2) is 12.3. The Bertz CT molecular complexity index is 1860. The highest BCUT2D eigenvalue weighted by Crippen LogP contribution is 2.37. The molecule has 9 nitrogen and oxygen atoms in total. The predicted molar refractivity (Wildman–Crippen MR) is 150 cm³/mol. The summed E-state index contributed by atoms with van der Waals surface area (Å²) in [5.41, 5.74) is -0.812. The minimum atomic E-state index is -1.44. The highest BCUT2D eigenvalue weighted by molar-refractivity contribution is 5.91. The number of aryl methyl sites for hydroxylation is 1. The van der Waals surface area contributed by atoms with Crippen molar-refractivity contribution in [2.75, 3.05) is 5.32 Å². The van der Waals surface area contributed by atoms with Gasteiger partial charge in [0.15, 0.2) is 11.6 Å². The summed E-state index contributed by atoms with van der Waals surface area (Å²) in [7, 11) is 1.47. The Labute approximate surface area is 247 Å². The highest BCUT2D eigenvalue weighted by atomic mass is 19.1. The molecular formula is C31H22F4N4O5. The summed E-state index contributed by atoms with van der Waals surface area (Å²) in [5.74, 6) is -7.62. The zero-order chi connectivity index (χ0) is 31.5. The van der Waals surface area contributed by atoms with E-state index in [-0.39, 0.29) is 22.5 Å². The number of hydrogen-bond acceptors (Lipinski definition) is 6. The molecule has 5 rings (SSSR count). The first-order valence-electron chi connectivity index (χ1n) is 12.9. The number of aromatic nitrogens is 3. The minimum Gasteiger partial charge on any atom is -0.477 e. The molecule has 5 aromatic rings. The van der Waals surface area contributed by atoms with Gasteiger partial charge in [-0.3, -0.25) is 10.00 Å². The van der Waals surface area contributed by atoms with Crippen LogP contribution in [0.1, 0.15) is 28.9 Å². The van der Waals surface area contributed by atoms with Gasteiger partial charge in [0.05, 0.1) is 6.20 Å². The third-order valence-electron chi connectivity index (χ3n) is 6.57. The van der Waals surface area contributed by atoms with E-state index in [4.69, 9.17) is 9.47 Å². The molecule has 0 spiro atoms. The lowest BCUT2D eigenvalue weighted by atomic mass is 9.99. The largest absolute Gasteiger partial charge is 0.477 e. The van der Waals surface area contributed by atoms with E-state index in [1.165, 1.54) is 30.2 Å². The molecule has 44 heavy (non-hydrogen) atoms. The van der Waals surface area contributed by atoms with Crippen LogP contribution >= 0.6 is 0 Å². The topological polar surface area (TPSA) is 116 Å². The van der Waals surface area contributed by atoms with Crippen molar-refractivity contribution in [3.63, 3.8) is 0 Å². The number of aromatic carboxylic acids is 1. The van der Waals surface area contributed by atoms with E-state index in [0.29, 0.717) is 12.1 Å². The van der Waals surface area contributed by atoms with Crippen LogP contribution < -0.4 is 10.1 Å². The molecule has 2 aromatic heterocycles. The molecule has 2 heterocycles. The van der Waals surface area contributed by atoms with E-state index in [2.05, 4.69) is 15.4 Å². The third kappa shape index (κ3) is 6.07. The van der Waals surface area contributed by atoms with Crippen LogP contribution in [-0.2, 0) is 11.8 Å². The van der Waals surface area contributed by atoms with Gasteiger partial charge < -0.3 is 14.6 Å². The maximum Gasteiger partial charge on any atom is 0.413 e. The van der Waals surface area contributed by atoms with Crippen LogP contribution in [0.2, 0.25) is 0 Å². The van der Waals surface area contributed by atoms with Gasteiger partial charge >= 0.3 is 12.1 Å².